The number of benzene rings is 1. The summed E-state index contributed by atoms with van der Waals surface area (Å²) in [5, 5.41) is 8.74. The van der Waals surface area contributed by atoms with Gasteiger partial charge < -0.3 is 20.7 Å². The molecular weight excluding hydrogens is 354 g/mol. The van der Waals surface area contributed by atoms with Crippen molar-refractivity contribution in [1.29, 1.82) is 0 Å². The number of rotatable bonds is 7. The first-order valence-electron chi connectivity index (χ1n) is 8.68. The van der Waals surface area contributed by atoms with Crippen LogP contribution in [0.25, 0.3) is 0 Å². The first kappa shape index (κ1) is 20.3. The molecule has 2 unspecified atom stereocenters. The number of ether oxygens (including phenoxy) is 1. The Hall–Kier alpha value is -2.06. The van der Waals surface area contributed by atoms with E-state index in [2.05, 4.69) is 16.0 Å². The minimum absolute atomic E-state index is 0.0573. The minimum Gasteiger partial charge on any atom is -0.464 e. The van der Waals surface area contributed by atoms with Crippen LogP contribution in [0, 0.1) is 0 Å². The SMILES string of the molecule is CCOC(=O)C(C)NC(=O)c1ccc(NC(=O)CC2CSCCN2)cc1. The fourth-order valence-electron chi connectivity index (χ4n) is 2.50. The lowest BCUT2D eigenvalue weighted by molar-refractivity contribution is -0.144. The summed E-state index contributed by atoms with van der Waals surface area (Å²) in [4.78, 5) is 35.8. The number of hydrogen-bond donors (Lipinski definition) is 3. The molecule has 1 aliphatic heterocycles. The van der Waals surface area contributed by atoms with Crippen LogP contribution in [0.15, 0.2) is 24.3 Å². The maximum Gasteiger partial charge on any atom is 0.328 e. The summed E-state index contributed by atoms with van der Waals surface area (Å²) in [6.45, 7) is 4.48. The number of thioether (sulfide) groups is 1. The average molecular weight is 379 g/mol. The molecule has 1 saturated heterocycles. The van der Waals surface area contributed by atoms with Crippen molar-refractivity contribution in [2.75, 3.05) is 30.0 Å². The smallest absolute Gasteiger partial charge is 0.328 e. The van der Waals surface area contributed by atoms with Crippen molar-refractivity contribution >= 4 is 35.2 Å². The molecule has 2 rings (SSSR count). The zero-order valence-corrected chi connectivity index (χ0v) is 15.9. The first-order valence-corrected chi connectivity index (χ1v) is 9.83. The summed E-state index contributed by atoms with van der Waals surface area (Å²) in [6.07, 6.45) is 0.423. The second kappa shape index (κ2) is 10.2. The van der Waals surface area contributed by atoms with Gasteiger partial charge in [0.25, 0.3) is 5.91 Å². The van der Waals surface area contributed by atoms with Gasteiger partial charge in [0, 0.05) is 41.8 Å². The van der Waals surface area contributed by atoms with Crippen LogP contribution < -0.4 is 16.0 Å². The van der Waals surface area contributed by atoms with Crippen LogP contribution >= 0.6 is 11.8 Å². The number of anilines is 1. The molecule has 8 heteroatoms. The van der Waals surface area contributed by atoms with Crippen molar-refractivity contribution in [3.8, 4) is 0 Å². The van der Waals surface area contributed by atoms with E-state index in [1.165, 1.54) is 0 Å². The van der Waals surface area contributed by atoms with Crippen LogP contribution in [0.4, 0.5) is 5.69 Å². The Labute approximate surface area is 157 Å². The molecule has 0 saturated carbocycles. The molecule has 7 nitrogen and oxygen atoms in total. The summed E-state index contributed by atoms with van der Waals surface area (Å²) >= 11 is 1.85. The molecule has 142 valence electrons. The Bertz CT molecular complexity index is 630. The maximum atomic E-state index is 12.1. The highest BCUT2D eigenvalue weighted by Gasteiger charge is 2.18. The van der Waals surface area contributed by atoms with E-state index in [1.54, 1.807) is 38.1 Å². The third-order valence-corrected chi connectivity index (χ3v) is 4.98. The van der Waals surface area contributed by atoms with Gasteiger partial charge in [-0.05, 0) is 38.1 Å². The molecule has 3 N–H and O–H groups in total. The molecule has 2 amide bonds. The van der Waals surface area contributed by atoms with E-state index in [0.717, 1.165) is 18.1 Å². The van der Waals surface area contributed by atoms with E-state index in [-0.39, 0.29) is 24.5 Å². The number of hydrogen-bond acceptors (Lipinski definition) is 6. The third kappa shape index (κ3) is 6.34. The van der Waals surface area contributed by atoms with E-state index >= 15 is 0 Å². The van der Waals surface area contributed by atoms with Gasteiger partial charge in [-0.25, -0.2) is 4.79 Å². The molecule has 2 atom stereocenters. The van der Waals surface area contributed by atoms with Crippen LogP contribution in [-0.4, -0.2) is 54.5 Å². The van der Waals surface area contributed by atoms with Crippen LogP contribution in [0.1, 0.15) is 30.6 Å². The number of nitrogens with one attached hydrogen (secondary N) is 3. The highest BCUT2D eigenvalue weighted by Crippen LogP contribution is 2.13. The van der Waals surface area contributed by atoms with Gasteiger partial charge in [0.2, 0.25) is 5.91 Å². The maximum absolute atomic E-state index is 12.1. The zero-order valence-electron chi connectivity index (χ0n) is 15.0. The van der Waals surface area contributed by atoms with Crippen molar-refractivity contribution in [1.82, 2.24) is 10.6 Å². The highest BCUT2D eigenvalue weighted by atomic mass is 32.2. The summed E-state index contributed by atoms with van der Waals surface area (Å²) < 4.78 is 4.86. The Morgan fingerprint density at radius 1 is 1.31 bits per heavy atom. The fourth-order valence-corrected chi connectivity index (χ4v) is 3.45. The fraction of sp³-hybridized carbons (Fsp3) is 0.500. The standard InChI is InChI=1S/C18H25N3O4S/c1-3-25-18(24)12(2)20-17(23)13-4-6-14(7-5-13)21-16(22)10-15-11-26-9-8-19-15/h4-7,12,15,19H,3,8-11H2,1-2H3,(H,20,23)(H,21,22). The topological polar surface area (TPSA) is 96.5 Å². The first-order chi connectivity index (χ1) is 12.5. The summed E-state index contributed by atoms with van der Waals surface area (Å²) in [6, 6.07) is 6.04. The van der Waals surface area contributed by atoms with E-state index in [1.807, 2.05) is 11.8 Å². The summed E-state index contributed by atoms with van der Waals surface area (Å²) in [5.74, 6) is 1.12. The molecule has 1 heterocycles. The number of carbonyl (C=O) groups excluding carboxylic acids is 3. The van der Waals surface area contributed by atoms with Crippen molar-refractivity contribution in [3.05, 3.63) is 29.8 Å². The van der Waals surface area contributed by atoms with Gasteiger partial charge in [-0.3, -0.25) is 9.59 Å². The van der Waals surface area contributed by atoms with Gasteiger partial charge in [-0.15, -0.1) is 0 Å². The van der Waals surface area contributed by atoms with Crippen LogP contribution in [0.2, 0.25) is 0 Å². The van der Waals surface area contributed by atoms with Gasteiger partial charge in [0.05, 0.1) is 6.61 Å². The van der Waals surface area contributed by atoms with Gasteiger partial charge in [0.1, 0.15) is 6.04 Å². The van der Waals surface area contributed by atoms with E-state index in [4.69, 9.17) is 4.74 Å². The van der Waals surface area contributed by atoms with E-state index < -0.39 is 12.0 Å². The van der Waals surface area contributed by atoms with Crippen molar-refractivity contribution in [2.45, 2.75) is 32.4 Å². The number of amides is 2. The third-order valence-electron chi connectivity index (χ3n) is 3.85. The van der Waals surface area contributed by atoms with E-state index in [9.17, 15) is 14.4 Å². The molecule has 1 aromatic carbocycles. The van der Waals surface area contributed by atoms with Crippen molar-refractivity contribution in [3.63, 3.8) is 0 Å². The second-order valence-corrected chi connectivity index (χ2v) is 7.15. The molecular formula is C18H25N3O4S. The predicted octanol–water partition coefficient (Wildman–Crippen LogP) is 1.40. The number of esters is 1. The lowest BCUT2D eigenvalue weighted by Crippen LogP contribution is -2.40. The zero-order chi connectivity index (χ0) is 18.9. The minimum atomic E-state index is -0.720. The lowest BCUT2D eigenvalue weighted by Gasteiger charge is -2.22. The van der Waals surface area contributed by atoms with Gasteiger partial charge >= 0.3 is 5.97 Å². The Kier molecular flexibility index (Phi) is 7.93. The molecule has 1 aromatic rings. The van der Waals surface area contributed by atoms with Crippen LogP contribution in [0.5, 0.6) is 0 Å². The predicted molar refractivity (Wildman–Crippen MR) is 102 cm³/mol. The number of carbonyl (C=O) groups is 3. The van der Waals surface area contributed by atoms with Crippen molar-refractivity contribution in [2.24, 2.45) is 0 Å². The van der Waals surface area contributed by atoms with Gasteiger partial charge in [0.15, 0.2) is 0 Å². The lowest BCUT2D eigenvalue weighted by atomic mass is 10.1. The normalized spacial score (nSPS) is 17.8. The molecule has 1 aliphatic rings. The van der Waals surface area contributed by atoms with E-state index in [0.29, 0.717) is 17.7 Å². The molecule has 0 bridgehead atoms. The molecule has 0 aliphatic carbocycles. The monoisotopic (exact) mass is 379 g/mol. The Balaban J connectivity index is 1.83. The van der Waals surface area contributed by atoms with Crippen LogP contribution in [0.3, 0.4) is 0 Å². The average Bonchev–Trinajstić information content (AvgIpc) is 2.63. The van der Waals surface area contributed by atoms with Crippen molar-refractivity contribution < 1.29 is 19.1 Å². The Morgan fingerprint density at radius 2 is 2.04 bits per heavy atom. The van der Waals surface area contributed by atoms with Gasteiger partial charge in [-0.2, -0.15) is 11.8 Å². The summed E-state index contributed by atoms with van der Waals surface area (Å²) in [5.41, 5.74) is 1.04. The highest BCUT2D eigenvalue weighted by molar-refractivity contribution is 7.99. The summed E-state index contributed by atoms with van der Waals surface area (Å²) in [7, 11) is 0. The Morgan fingerprint density at radius 3 is 2.65 bits per heavy atom. The molecule has 1 fully saturated rings. The molecule has 0 radical (unpaired) electrons. The van der Waals surface area contributed by atoms with Crippen LogP contribution in [-0.2, 0) is 14.3 Å². The second-order valence-electron chi connectivity index (χ2n) is 6.00. The molecule has 26 heavy (non-hydrogen) atoms. The quantitative estimate of drug-likeness (QED) is 0.620. The molecule has 0 spiro atoms. The largest absolute Gasteiger partial charge is 0.464 e. The molecule has 0 aromatic heterocycles. The van der Waals surface area contributed by atoms with Gasteiger partial charge in [-0.1, -0.05) is 0 Å².